The normalized spacial score (nSPS) is 12.6. The molecule has 0 spiro atoms. The summed E-state index contributed by atoms with van der Waals surface area (Å²) in [4.78, 5) is 28.4. The van der Waals surface area contributed by atoms with Crippen LogP contribution < -0.4 is 5.32 Å². The molecule has 2 aromatic heterocycles. The van der Waals surface area contributed by atoms with Gasteiger partial charge >= 0.3 is 18.1 Å². The van der Waals surface area contributed by atoms with Crippen LogP contribution in [0.3, 0.4) is 0 Å². The Morgan fingerprint density at radius 2 is 1.63 bits per heavy atom. The summed E-state index contributed by atoms with van der Waals surface area (Å²) >= 11 is 0. The van der Waals surface area contributed by atoms with E-state index in [1.165, 1.54) is 15.8 Å². The summed E-state index contributed by atoms with van der Waals surface area (Å²) in [6.07, 6.45) is 0.369. The number of ether oxygens (including phenoxy) is 1. The number of benzene rings is 2. The van der Waals surface area contributed by atoms with E-state index in [-0.39, 0.29) is 18.2 Å². The lowest BCUT2D eigenvalue weighted by atomic mass is 9.88. The summed E-state index contributed by atoms with van der Waals surface area (Å²) in [7, 11) is 0. The maximum absolute atomic E-state index is 12.8. The van der Waals surface area contributed by atoms with Crippen molar-refractivity contribution >= 4 is 11.9 Å². The van der Waals surface area contributed by atoms with Crippen LogP contribution in [0.15, 0.2) is 79.1 Å². The molecule has 0 bridgehead atoms. The molecule has 2 aromatic carbocycles. The summed E-state index contributed by atoms with van der Waals surface area (Å²) < 4.78 is 44.0. The molecule has 0 saturated heterocycles. The van der Waals surface area contributed by atoms with Crippen LogP contribution in [0.25, 0.3) is 11.3 Å². The third-order valence-corrected chi connectivity index (χ3v) is 7.20. The van der Waals surface area contributed by atoms with Crippen molar-refractivity contribution in [3.8, 4) is 11.3 Å². The number of alkyl halides is 3. The molecule has 1 aliphatic carbocycles. The van der Waals surface area contributed by atoms with E-state index in [4.69, 9.17) is 0 Å². The molecule has 4 aromatic rings. The number of esters is 2. The van der Waals surface area contributed by atoms with E-state index in [9.17, 15) is 22.8 Å². The third-order valence-electron chi connectivity index (χ3n) is 7.20. The summed E-state index contributed by atoms with van der Waals surface area (Å²) in [6, 6.07) is 22.4. The Morgan fingerprint density at radius 1 is 0.951 bits per heavy atom. The highest BCUT2D eigenvalue weighted by atomic mass is 19.4. The van der Waals surface area contributed by atoms with Crippen LogP contribution in [0.5, 0.6) is 0 Å². The standard InChI is InChI=1S/C31H29F3N4O3/c32-31(33,34)30(40)41-29(39)28-26-13-12-23-20-36-18-15-25(23)27(26)37-38(28)19-7-16-35-17-14-24(21-8-3-1-4-9-21)22-10-5-2-6-11-22/h1-6,8-11,15,18,20,24,35H,7,12-14,16-17,19H2. The summed E-state index contributed by atoms with van der Waals surface area (Å²) in [6.45, 7) is 1.59. The van der Waals surface area contributed by atoms with Crippen LogP contribution in [0.1, 0.15) is 51.5 Å². The molecule has 212 valence electrons. The van der Waals surface area contributed by atoms with E-state index in [0.29, 0.717) is 37.1 Å². The van der Waals surface area contributed by atoms with E-state index in [2.05, 4.69) is 44.4 Å². The Hall–Kier alpha value is -4.31. The van der Waals surface area contributed by atoms with Crippen molar-refractivity contribution in [2.24, 2.45) is 0 Å². The second kappa shape index (κ2) is 12.5. The highest BCUT2D eigenvalue weighted by Gasteiger charge is 2.43. The minimum absolute atomic E-state index is 0.117. The Bertz CT molecular complexity index is 1460. The van der Waals surface area contributed by atoms with Gasteiger partial charge in [-0.15, -0.1) is 0 Å². The summed E-state index contributed by atoms with van der Waals surface area (Å²) in [5, 5.41) is 8.01. The van der Waals surface area contributed by atoms with Crippen LogP contribution in [0.2, 0.25) is 0 Å². The van der Waals surface area contributed by atoms with Gasteiger partial charge in [0.1, 0.15) is 0 Å². The number of halogens is 3. The van der Waals surface area contributed by atoms with Crippen molar-refractivity contribution in [2.45, 2.75) is 44.3 Å². The molecule has 1 aliphatic rings. The minimum atomic E-state index is -5.28. The molecule has 1 N–H and O–H groups in total. The number of pyridine rings is 1. The zero-order chi connectivity index (χ0) is 28.8. The molecule has 0 saturated carbocycles. The Morgan fingerprint density at radius 3 is 2.29 bits per heavy atom. The van der Waals surface area contributed by atoms with Crippen molar-refractivity contribution < 1.29 is 27.5 Å². The van der Waals surface area contributed by atoms with Crippen LogP contribution >= 0.6 is 0 Å². The molecule has 5 rings (SSSR count). The first-order valence-electron chi connectivity index (χ1n) is 13.5. The average Bonchev–Trinajstić information content (AvgIpc) is 3.36. The third kappa shape index (κ3) is 6.54. The van der Waals surface area contributed by atoms with Crippen LogP contribution in [-0.4, -0.2) is 46.0 Å². The predicted molar refractivity (Wildman–Crippen MR) is 146 cm³/mol. The van der Waals surface area contributed by atoms with Gasteiger partial charge in [-0.25, -0.2) is 9.59 Å². The Labute approximate surface area is 235 Å². The van der Waals surface area contributed by atoms with Crippen LogP contribution in [0.4, 0.5) is 13.2 Å². The molecule has 0 aliphatic heterocycles. The van der Waals surface area contributed by atoms with Crippen molar-refractivity contribution in [1.82, 2.24) is 20.1 Å². The first kappa shape index (κ1) is 28.2. The van der Waals surface area contributed by atoms with E-state index in [1.54, 1.807) is 18.5 Å². The highest BCUT2D eigenvalue weighted by Crippen LogP contribution is 2.35. The molecule has 2 heterocycles. The number of nitrogens with one attached hydrogen (secondary N) is 1. The zero-order valence-corrected chi connectivity index (χ0v) is 22.2. The molecular formula is C31H29F3N4O3. The van der Waals surface area contributed by atoms with Gasteiger partial charge in [0, 0.05) is 36.0 Å². The van der Waals surface area contributed by atoms with Crippen molar-refractivity contribution in [2.75, 3.05) is 13.1 Å². The van der Waals surface area contributed by atoms with Gasteiger partial charge in [0.05, 0.1) is 5.69 Å². The topological polar surface area (TPSA) is 86.1 Å². The lowest BCUT2D eigenvalue weighted by Gasteiger charge is -2.18. The number of rotatable bonds is 10. The zero-order valence-electron chi connectivity index (χ0n) is 22.2. The number of aryl methyl sites for hydroxylation is 2. The smallest absolute Gasteiger partial charge is 0.381 e. The molecule has 41 heavy (non-hydrogen) atoms. The fourth-order valence-corrected chi connectivity index (χ4v) is 5.27. The molecule has 0 fully saturated rings. The van der Waals surface area contributed by atoms with E-state index < -0.39 is 18.1 Å². The quantitative estimate of drug-likeness (QED) is 0.156. The first-order valence-corrected chi connectivity index (χ1v) is 13.5. The summed E-state index contributed by atoms with van der Waals surface area (Å²) in [5.41, 5.74) is 5.02. The number of nitrogens with zero attached hydrogens (tertiary/aromatic N) is 3. The lowest BCUT2D eigenvalue weighted by Crippen LogP contribution is -2.29. The maximum Gasteiger partial charge on any atom is 0.491 e. The molecule has 0 atom stereocenters. The fraction of sp³-hybridized carbons (Fsp3) is 0.290. The van der Waals surface area contributed by atoms with Gasteiger partial charge in [-0.1, -0.05) is 60.7 Å². The molecule has 10 heteroatoms. The second-order valence-corrected chi connectivity index (χ2v) is 9.87. The number of carbonyl (C=O) groups excluding carboxylic acids is 2. The van der Waals surface area contributed by atoms with Gasteiger partial charge in [-0.2, -0.15) is 18.3 Å². The highest BCUT2D eigenvalue weighted by molar-refractivity contribution is 5.99. The van der Waals surface area contributed by atoms with E-state index in [1.807, 2.05) is 36.4 Å². The van der Waals surface area contributed by atoms with E-state index >= 15 is 0 Å². The van der Waals surface area contributed by atoms with Gasteiger partial charge < -0.3 is 10.1 Å². The molecule has 7 nitrogen and oxygen atoms in total. The Kier molecular flexibility index (Phi) is 8.58. The van der Waals surface area contributed by atoms with Crippen molar-refractivity contribution in [1.29, 1.82) is 0 Å². The fourth-order valence-electron chi connectivity index (χ4n) is 5.27. The predicted octanol–water partition coefficient (Wildman–Crippen LogP) is 5.49. The lowest BCUT2D eigenvalue weighted by molar-refractivity contribution is -0.193. The van der Waals surface area contributed by atoms with Crippen molar-refractivity contribution in [3.05, 3.63) is 107 Å². The van der Waals surface area contributed by atoms with E-state index in [0.717, 1.165) is 24.1 Å². The molecule has 0 radical (unpaired) electrons. The van der Waals surface area contributed by atoms with Gasteiger partial charge in [0.2, 0.25) is 0 Å². The van der Waals surface area contributed by atoms with Crippen LogP contribution in [0, 0.1) is 0 Å². The number of aromatic nitrogens is 3. The molecule has 0 amide bonds. The van der Waals surface area contributed by atoms with Gasteiger partial charge in [0.15, 0.2) is 5.69 Å². The minimum Gasteiger partial charge on any atom is -0.381 e. The average molecular weight is 563 g/mol. The summed E-state index contributed by atoms with van der Waals surface area (Å²) in [5.74, 6) is -3.66. The van der Waals surface area contributed by atoms with Gasteiger partial charge in [-0.3, -0.25) is 9.67 Å². The SMILES string of the molecule is O=C(OC(=O)C(F)(F)F)c1c2c(nn1CCCNCCC(c1ccccc1)c1ccccc1)-c1ccncc1CC2. The largest absolute Gasteiger partial charge is 0.491 e. The number of carbonyl (C=O) groups is 2. The number of hydrogen-bond donors (Lipinski definition) is 1. The van der Waals surface area contributed by atoms with Crippen LogP contribution in [-0.2, 0) is 28.9 Å². The second-order valence-electron chi connectivity index (χ2n) is 9.87. The number of fused-ring (bicyclic) bond motifs is 3. The maximum atomic E-state index is 12.8. The van der Waals surface area contributed by atoms with Gasteiger partial charge in [-0.05, 0) is 61.5 Å². The number of hydrogen-bond acceptors (Lipinski definition) is 6. The Balaban J connectivity index is 1.26. The molecule has 0 unspecified atom stereocenters. The van der Waals surface area contributed by atoms with Gasteiger partial charge in [0.25, 0.3) is 0 Å². The molecular weight excluding hydrogens is 533 g/mol. The monoisotopic (exact) mass is 562 g/mol. The van der Waals surface area contributed by atoms with Crippen molar-refractivity contribution in [3.63, 3.8) is 0 Å². The first-order chi connectivity index (χ1) is 19.8.